The number of amides is 1. The van der Waals surface area contributed by atoms with Crippen LogP contribution in [-0.2, 0) is 6.42 Å². The number of aryl methyl sites for hydroxylation is 1. The molecule has 0 unspecified atom stereocenters. The third-order valence-corrected chi connectivity index (χ3v) is 3.15. The molecular formula is C15H17ClN4O. The lowest BCUT2D eigenvalue weighted by Crippen LogP contribution is -2.14. The summed E-state index contributed by atoms with van der Waals surface area (Å²) in [6, 6.07) is 10.8. The van der Waals surface area contributed by atoms with Gasteiger partial charge in [-0.15, -0.1) is 0 Å². The smallest absolute Gasteiger partial charge is 0.255 e. The molecule has 110 valence electrons. The quantitative estimate of drug-likeness (QED) is 0.450. The van der Waals surface area contributed by atoms with Crippen molar-refractivity contribution in [3.63, 3.8) is 0 Å². The van der Waals surface area contributed by atoms with Crippen LogP contribution in [0.5, 0.6) is 0 Å². The molecule has 0 aliphatic rings. The minimum absolute atomic E-state index is 0.203. The number of nitrogens with one attached hydrogen (secondary N) is 2. The first-order valence-corrected chi connectivity index (χ1v) is 7.04. The van der Waals surface area contributed by atoms with E-state index >= 15 is 0 Å². The van der Waals surface area contributed by atoms with Crippen molar-refractivity contribution in [3.05, 3.63) is 52.7 Å². The Bertz CT molecular complexity index is 628. The Balaban J connectivity index is 2.12. The van der Waals surface area contributed by atoms with E-state index in [9.17, 15) is 4.79 Å². The van der Waals surface area contributed by atoms with Gasteiger partial charge in [0.1, 0.15) is 11.0 Å². The Morgan fingerprint density at radius 3 is 2.62 bits per heavy atom. The van der Waals surface area contributed by atoms with Crippen LogP contribution in [-0.4, -0.2) is 10.9 Å². The maximum absolute atomic E-state index is 12.2. The van der Waals surface area contributed by atoms with Crippen molar-refractivity contribution in [1.29, 1.82) is 0 Å². The fourth-order valence-corrected chi connectivity index (χ4v) is 2.16. The van der Waals surface area contributed by atoms with Crippen LogP contribution in [0.1, 0.15) is 29.3 Å². The van der Waals surface area contributed by atoms with E-state index in [0.29, 0.717) is 11.4 Å². The molecule has 0 bridgehead atoms. The number of halogens is 1. The molecule has 0 saturated carbocycles. The normalized spacial score (nSPS) is 10.2. The van der Waals surface area contributed by atoms with Gasteiger partial charge in [0.2, 0.25) is 0 Å². The second-order valence-corrected chi connectivity index (χ2v) is 5.00. The summed E-state index contributed by atoms with van der Waals surface area (Å²) >= 11 is 5.84. The molecule has 0 saturated heterocycles. The Kier molecular flexibility index (Phi) is 5.14. The number of hydrogen-bond acceptors (Lipinski definition) is 4. The van der Waals surface area contributed by atoms with Crippen LogP contribution in [0.3, 0.4) is 0 Å². The van der Waals surface area contributed by atoms with E-state index in [1.54, 1.807) is 0 Å². The number of anilines is 2. The lowest BCUT2D eigenvalue weighted by molar-refractivity contribution is 0.102. The van der Waals surface area contributed by atoms with E-state index in [2.05, 4.69) is 22.7 Å². The first-order chi connectivity index (χ1) is 10.1. The molecule has 0 fully saturated rings. The number of benzene rings is 1. The lowest BCUT2D eigenvalue weighted by Gasteiger charge is -2.08. The minimum Gasteiger partial charge on any atom is -0.322 e. The standard InChI is InChI=1S/C15H17ClN4O/c1-2-3-10-4-6-12(7-5-10)18-15(21)11-8-13(16)19-14(9-11)20-17/h4-9H,2-3,17H2,1H3,(H,18,21)(H,19,20). The zero-order valence-electron chi connectivity index (χ0n) is 11.7. The summed E-state index contributed by atoms with van der Waals surface area (Å²) in [4.78, 5) is 16.1. The van der Waals surface area contributed by atoms with Gasteiger partial charge in [-0.3, -0.25) is 4.79 Å². The Morgan fingerprint density at radius 1 is 1.29 bits per heavy atom. The SMILES string of the molecule is CCCc1ccc(NC(=O)c2cc(Cl)nc(NN)c2)cc1. The van der Waals surface area contributed by atoms with Crippen molar-refractivity contribution in [2.24, 2.45) is 5.84 Å². The molecule has 2 aromatic rings. The fourth-order valence-electron chi connectivity index (χ4n) is 1.95. The zero-order valence-corrected chi connectivity index (χ0v) is 12.4. The van der Waals surface area contributed by atoms with E-state index in [4.69, 9.17) is 17.4 Å². The van der Waals surface area contributed by atoms with E-state index in [-0.39, 0.29) is 11.1 Å². The monoisotopic (exact) mass is 304 g/mol. The molecule has 1 aromatic heterocycles. The molecule has 0 aliphatic carbocycles. The first-order valence-electron chi connectivity index (χ1n) is 6.67. The molecule has 5 nitrogen and oxygen atoms in total. The summed E-state index contributed by atoms with van der Waals surface area (Å²) in [7, 11) is 0. The molecule has 2 rings (SSSR count). The van der Waals surface area contributed by atoms with Gasteiger partial charge < -0.3 is 10.7 Å². The van der Waals surface area contributed by atoms with Crippen molar-refractivity contribution >= 4 is 29.0 Å². The summed E-state index contributed by atoms with van der Waals surface area (Å²) < 4.78 is 0. The Labute approximate surface area is 128 Å². The van der Waals surface area contributed by atoms with Crippen LogP contribution in [0.15, 0.2) is 36.4 Å². The highest BCUT2D eigenvalue weighted by atomic mass is 35.5. The number of aromatic nitrogens is 1. The van der Waals surface area contributed by atoms with Gasteiger partial charge >= 0.3 is 0 Å². The largest absolute Gasteiger partial charge is 0.322 e. The van der Waals surface area contributed by atoms with Gasteiger partial charge in [0.25, 0.3) is 5.91 Å². The summed E-state index contributed by atoms with van der Waals surface area (Å²) in [5.74, 6) is 5.36. The number of carbonyl (C=O) groups is 1. The second-order valence-electron chi connectivity index (χ2n) is 4.61. The van der Waals surface area contributed by atoms with E-state index in [1.807, 2.05) is 24.3 Å². The summed E-state index contributed by atoms with van der Waals surface area (Å²) in [5, 5.41) is 3.01. The molecule has 21 heavy (non-hydrogen) atoms. The fraction of sp³-hybridized carbons (Fsp3) is 0.200. The number of pyridine rings is 1. The third-order valence-electron chi connectivity index (χ3n) is 2.95. The van der Waals surface area contributed by atoms with E-state index in [1.165, 1.54) is 17.7 Å². The van der Waals surface area contributed by atoms with Crippen LogP contribution in [0.2, 0.25) is 5.15 Å². The average molecular weight is 305 g/mol. The highest BCUT2D eigenvalue weighted by Crippen LogP contribution is 2.16. The molecule has 1 aromatic carbocycles. The zero-order chi connectivity index (χ0) is 15.2. The molecule has 4 N–H and O–H groups in total. The van der Waals surface area contributed by atoms with E-state index in [0.717, 1.165) is 18.5 Å². The molecule has 1 heterocycles. The predicted octanol–water partition coefficient (Wildman–Crippen LogP) is 3.23. The summed E-state index contributed by atoms with van der Waals surface area (Å²) in [6.45, 7) is 2.13. The van der Waals surface area contributed by atoms with Crippen molar-refractivity contribution in [2.45, 2.75) is 19.8 Å². The Hall–Kier alpha value is -2.11. The van der Waals surface area contributed by atoms with Gasteiger partial charge in [0, 0.05) is 11.3 Å². The van der Waals surface area contributed by atoms with Gasteiger partial charge in [0.05, 0.1) is 0 Å². The molecule has 1 amide bonds. The molecule has 0 radical (unpaired) electrons. The Morgan fingerprint density at radius 2 is 2.00 bits per heavy atom. The van der Waals surface area contributed by atoms with E-state index < -0.39 is 0 Å². The van der Waals surface area contributed by atoms with Crippen LogP contribution in [0, 0.1) is 0 Å². The predicted molar refractivity (Wildman–Crippen MR) is 85.4 cm³/mol. The molecule has 6 heteroatoms. The van der Waals surface area contributed by atoms with Crippen LogP contribution in [0.4, 0.5) is 11.5 Å². The molecule has 0 atom stereocenters. The van der Waals surface area contributed by atoms with Crippen molar-refractivity contribution in [3.8, 4) is 0 Å². The summed E-state index contributed by atoms with van der Waals surface area (Å²) in [5.41, 5.74) is 4.74. The maximum Gasteiger partial charge on any atom is 0.255 e. The van der Waals surface area contributed by atoms with Crippen molar-refractivity contribution < 1.29 is 4.79 Å². The number of nitrogens with zero attached hydrogens (tertiary/aromatic N) is 1. The molecular weight excluding hydrogens is 288 g/mol. The number of carbonyl (C=O) groups excluding carboxylic acids is 1. The minimum atomic E-state index is -0.265. The number of rotatable bonds is 5. The lowest BCUT2D eigenvalue weighted by atomic mass is 10.1. The highest BCUT2D eigenvalue weighted by Gasteiger charge is 2.09. The topological polar surface area (TPSA) is 80.0 Å². The summed E-state index contributed by atoms with van der Waals surface area (Å²) in [6.07, 6.45) is 2.12. The van der Waals surface area contributed by atoms with Gasteiger partial charge in [-0.05, 0) is 36.2 Å². The molecule has 0 aliphatic heterocycles. The highest BCUT2D eigenvalue weighted by molar-refractivity contribution is 6.30. The third kappa shape index (κ3) is 4.18. The van der Waals surface area contributed by atoms with Gasteiger partial charge in [-0.2, -0.15) is 0 Å². The number of hydrogen-bond donors (Lipinski definition) is 3. The van der Waals surface area contributed by atoms with Crippen molar-refractivity contribution in [2.75, 3.05) is 10.7 Å². The molecule has 0 spiro atoms. The number of nitrogen functional groups attached to an aromatic ring is 1. The van der Waals surface area contributed by atoms with Crippen LogP contribution < -0.4 is 16.6 Å². The first kappa shape index (κ1) is 15.3. The van der Waals surface area contributed by atoms with Crippen molar-refractivity contribution in [1.82, 2.24) is 4.98 Å². The van der Waals surface area contributed by atoms with Gasteiger partial charge in [0.15, 0.2) is 0 Å². The number of nitrogens with two attached hydrogens (primary N) is 1. The average Bonchev–Trinajstić information content (AvgIpc) is 2.48. The van der Waals surface area contributed by atoms with Gasteiger partial charge in [-0.1, -0.05) is 37.1 Å². The second kappa shape index (κ2) is 7.06. The van der Waals surface area contributed by atoms with Crippen LogP contribution >= 0.6 is 11.6 Å². The van der Waals surface area contributed by atoms with Gasteiger partial charge in [-0.25, -0.2) is 10.8 Å². The number of hydrazine groups is 1. The maximum atomic E-state index is 12.2. The van der Waals surface area contributed by atoms with Crippen LogP contribution in [0.25, 0.3) is 0 Å².